The Bertz CT molecular complexity index is 1070. The lowest BCUT2D eigenvalue weighted by molar-refractivity contribution is -0.217. The molecule has 1 aliphatic carbocycles. The van der Waals surface area contributed by atoms with E-state index in [2.05, 4.69) is 0 Å². The minimum absolute atomic E-state index is 0.195. The maximum absolute atomic E-state index is 12.9. The molecule has 0 spiro atoms. The van der Waals surface area contributed by atoms with Gasteiger partial charge in [0.15, 0.2) is 11.8 Å². The van der Waals surface area contributed by atoms with Gasteiger partial charge >= 0.3 is 17.9 Å². The van der Waals surface area contributed by atoms with Crippen LogP contribution in [0.15, 0.2) is 42.5 Å². The van der Waals surface area contributed by atoms with Crippen LogP contribution in [0.4, 0.5) is 0 Å². The van der Waals surface area contributed by atoms with Crippen LogP contribution in [0, 0.1) is 5.92 Å². The first-order chi connectivity index (χ1) is 16.5. The Hall–Kier alpha value is -3.17. The molecular weight excluding hydrogens is 454 g/mol. The summed E-state index contributed by atoms with van der Waals surface area (Å²) in [6.07, 6.45) is -0.0218. The van der Waals surface area contributed by atoms with E-state index in [-0.39, 0.29) is 5.92 Å². The van der Waals surface area contributed by atoms with Crippen molar-refractivity contribution in [1.82, 2.24) is 0 Å². The number of carbonyl (C=O) groups is 3. The van der Waals surface area contributed by atoms with Gasteiger partial charge < -0.3 is 24.4 Å². The molecule has 4 unspecified atom stereocenters. The minimum atomic E-state index is -2.70. The number of carboxylic acid groups (broad SMARTS) is 1. The van der Waals surface area contributed by atoms with Crippen LogP contribution in [0.3, 0.4) is 0 Å². The molecule has 2 aromatic carbocycles. The maximum Gasteiger partial charge on any atom is 0.336 e. The van der Waals surface area contributed by atoms with Gasteiger partial charge in [-0.15, -0.1) is 0 Å². The van der Waals surface area contributed by atoms with Crippen LogP contribution in [-0.2, 0) is 23.9 Å². The lowest BCUT2D eigenvalue weighted by Gasteiger charge is -2.39. The molecule has 0 radical (unpaired) electrons. The summed E-state index contributed by atoms with van der Waals surface area (Å²) in [4.78, 5) is 36.7. The molecule has 0 aliphatic heterocycles. The van der Waals surface area contributed by atoms with E-state index in [1.54, 1.807) is 13.0 Å². The Balaban J connectivity index is 1.78. The van der Waals surface area contributed by atoms with E-state index in [9.17, 15) is 24.6 Å². The fourth-order valence-electron chi connectivity index (χ4n) is 4.34. The van der Waals surface area contributed by atoms with E-state index in [1.807, 2.05) is 43.3 Å². The Morgan fingerprint density at radius 1 is 1.14 bits per heavy atom. The molecule has 1 saturated carbocycles. The molecule has 2 aromatic rings. The Morgan fingerprint density at radius 3 is 2.49 bits per heavy atom. The number of aliphatic carboxylic acids is 1. The molecular formula is C26H33NO8. The van der Waals surface area contributed by atoms with Crippen molar-refractivity contribution in [3.63, 3.8) is 0 Å². The molecule has 0 saturated heterocycles. The molecule has 1 fully saturated rings. The number of fused-ring (bicyclic) bond motifs is 1. The van der Waals surface area contributed by atoms with E-state index < -0.39 is 48.4 Å². The average molecular weight is 488 g/mol. The molecule has 35 heavy (non-hydrogen) atoms. The van der Waals surface area contributed by atoms with Crippen molar-refractivity contribution >= 4 is 28.7 Å². The SMILES string of the molecule is CCC(N)OC(=O)CC(O)(CC(=O)OC1(Oc2ccc3ccccc3c2)CCCC(C)C1)C(=O)O. The molecule has 4 atom stereocenters. The van der Waals surface area contributed by atoms with Crippen molar-refractivity contribution in [3.8, 4) is 5.75 Å². The second-order valence-corrected chi connectivity index (χ2v) is 9.32. The quantitative estimate of drug-likeness (QED) is 0.338. The number of hydrogen-bond donors (Lipinski definition) is 3. The highest BCUT2D eigenvalue weighted by molar-refractivity contribution is 5.89. The third kappa shape index (κ3) is 6.93. The van der Waals surface area contributed by atoms with Crippen LogP contribution < -0.4 is 10.5 Å². The fraction of sp³-hybridized carbons (Fsp3) is 0.500. The van der Waals surface area contributed by atoms with Crippen LogP contribution in [-0.4, -0.2) is 45.7 Å². The van der Waals surface area contributed by atoms with E-state index in [0.29, 0.717) is 25.0 Å². The first-order valence-corrected chi connectivity index (χ1v) is 11.8. The Labute approximate surface area is 204 Å². The summed E-state index contributed by atoms with van der Waals surface area (Å²) in [5.74, 6) is -4.36. The third-order valence-corrected chi connectivity index (χ3v) is 6.20. The summed E-state index contributed by atoms with van der Waals surface area (Å²) in [5.41, 5.74) is 2.85. The van der Waals surface area contributed by atoms with Gasteiger partial charge in [0, 0.05) is 12.8 Å². The molecule has 0 amide bonds. The normalized spacial score (nSPS) is 22.6. The maximum atomic E-state index is 12.9. The Morgan fingerprint density at radius 2 is 1.83 bits per heavy atom. The lowest BCUT2D eigenvalue weighted by atomic mass is 9.85. The number of benzene rings is 2. The zero-order valence-corrected chi connectivity index (χ0v) is 20.1. The van der Waals surface area contributed by atoms with E-state index in [4.69, 9.17) is 19.9 Å². The molecule has 3 rings (SSSR count). The summed E-state index contributed by atoms with van der Waals surface area (Å²) >= 11 is 0. The van der Waals surface area contributed by atoms with Gasteiger partial charge in [-0.05, 0) is 41.7 Å². The highest BCUT2D eigenvalue weighted by Crippen LogP contribution is 2.38. The number of nitrogens with two attached hydrogens (primary N) is 1. The second-order valence-electron chi connectivity index (χ2n) is 9.32. The highest BCUT2D eigenvalue weighted by Gasteiger charge is 2.46. The van der Waals surface area contributed by atoms with Gasteiger partial charge in [-0.25, -0.2) is 4.79 Å². The number of hydrogen-bond acceptors (Lipinski definition) is 8. The van der Waals surface area contributed by atoms with Gasteiger partial charge in [-0.3, -0.25) is 15.3 Å². The van der Waals surface area contributed by atoms with Crippen LogP contribution >= 0.6 is 0 Å². The Kier molecular flexibility index (Phi) is 8.34. The standard InChI is InChI=1S/C26H33NO8/c1-3-21(27)33-22(28)15-25(32,24(30)31)16-23(29)35-26(12-6-7-17(2)14-26)34-20-11-10-18-8-4-5-9-19(18)13-20/h4-5,8-11,13,17,21,32H,3,6-7,12,14-16,27H2,1-2H3,(H,30,31). The lowest BCUT2D eigenvalue weighted by Crippen LogP contribution is -2.48. The van der Waals surface area contributed by atoms with Crippen molar-refractivity contribution in [3.05, 3.63) is 42.5 Å². The molecule has 1 aliphatic rings. The largest absolute Gasteiger partial charge is 0.479 e. The predicted octanol–water partition coefficient (Wildman–Crippen LogP) is 3.50. The monoisotopic (exact) mass is 487 g/mol. The number of rotatable bonds is 10. The van der Waals surface area contributed by atoms with Crippen LogP contribution in [0.2, 0.25) is 0 Å². The van der Waals surface area contributed by atoms with Crippen molar-refractivity contribution in [2.75, 3.05) is 0 Å². The number of ether oxygens (including phenoxy) is 3. The number of carboxylic acids is 1. The average Bonchev–Trinajstić information content (AvgIpc) is 2.78. The summed E-state index contributed by atoms with van der Waals surface area (Å²) in [6, 6.07) is 13.3. The van der Waals surface area contributed by atoms with E-state index in [0.717, 1.165) is 23.6 Å². The molecule has 0 bridgehead atoms. The zero-order valence-electron chi connectivity index (χ0n) is 20.1. The van der Waals surface area contributed by atoms with E-state index in [1.165, 1.54) is 0 Å². The number of aliphatic hydroxyl groups is 1. The fourth-order valence-corrected chi connectivity index (χ4v) is 4.34. The van der Waals surface area contributed by atoms with Crippen molar-refractivity contribution in [2.24, 2.45) is 11.7 Å². The number of esters is 2. The molecule has 4 N–H and O–H groups in total. The van der Waals surface area contributed by atoms with Crippen molar-refractivity contribution in [1.29, 1.82) is 0 Å². The van der Waals surface area contributed by atoms with E-state index >= 15 is 0 Å². The van der Waals surface area contributed by atoms with Crippen LogP contribution in [0.1, 0.15) is 58.8 Å². The summed E-state index contributed by atoms with van der Waals surface area (Å²) in [5, 5.41) is 22.1. The first kappa shape index (κ1) is 26.4. The van der Waals surface area contributed by atoms with Gasteiger partial charge in [-0.1, -0.05) is 50.6 Å². The smallest absolute Gasteiger partial charge is 0.336 e. The second kappa shape index (κ2) is 11.0. The van der Waals surface area contributed by atoms with Gasteiger partial charge in [0.1, 0.15) is 5.75 Å². The van der Waals surface area contributed by atoms with Crippen molar-refractivity contribution < 1.29 is 38.8 Å². The number of carbonyl (C=O) groups excluding carboxylic acids is 2. The summed E-state index contributed by atoms with van der Waals surface area (Å²) < 4.78 is 16.8. The topological polar surface area (TPSA) is 145 Å². The zero-order chi connectivity index (χ0) is 25.6. The molecule has 0 heterocycles. The highest BCUT2D eigenvalue weighted by atomic mass is 16.7. The first-order valence-electron chi connectivity index (χ1n) is 11.8. The molecule has 0 aromatic heterocycles. The van der Waals surface area contributed by atoms with Crippen LogP contribution in [0.25, 0.3) is 10.8 Å². The van der Waals surface area contributed by atoms with Crippen LogP contribution in [0.5, 0.6) is 5.75 Å². The van der Waals surface area contributed by atoms with Gasteiger partial charge in [0.25, 0.3) is 5.79 Å². The third-order valence-electron chi connectivity index (χ3n) is 6.20. The predicted molar refractivity (Wildman–Crippen MR) is 127 cm³/mol. The molecule has 9 heteroatoms. The van der Waals surface area contributed by atoms with Gasteiger partial charge in [-0.2, -0.15) is 0 Å². The van der Waals surface area contributed by atoms with Crippen molar-refractivity contribution in [2.45, 2.75) is 76.4 Å². The minimum Gasteiger partial charge on any atom is -0.479 e. The van der Waals surface area contributed by atoms with Gasteiger partial charge in [0.2, 0.25) is 0 Å². The summed E-state index contributed by atoms with van der Waals surface area (Å²) in [6.45, 7) is 3.70. The summed E-state index contributed by atoms with van der Waals surface area (Å²) in [7, 11) is 0. The molecule has 190 valence electrons. The van der Waals surface area contributed by atoms with Gasteiger partial charge in [0.05, 0.1) is 12.8 Å². The molecule has 9 nitrogen and oxygen atoms in total.